The first-order valence-corrected chi connectivity index (χ1v) is 3.91. The molecule has 0 aromatic heterocycles. The SMILES string of the molecule is NC(CCC(=O)OCO)C(=O)OCO. The smallest absolute Gasteiger partial charge is 0.325 e. The van der Waals surface area contributed by atoms with E-state index in [1.165, 1.54) is 0 Å². The summed E-state index contributed by atoms with van der Waals surface area (Å²) in [6.45, 7) is -1.44. The Morgan fingerprint density at radius 3 is 2.29 bits per heavy atom. The van der Waals surface area contributed by atoms with E-state index >= 15 is 0 Å². The van der Waals surface area contributed by atoms with E-state index in [9.17, 15) is 9.59 Å². The van der Waals surface area contributed by atoms with Crippen molar-refractivity contribution in [3.63, 3.8) is 0 Å². The largest absolute Gasteiger partial charge is 0.439 e. The van der Waals surface area contributed by atoms with Crippen LogP contribution in [0.1, 0.15) is 12.8 Å². The van der Waals surface area contributed by atoms with E-state index < -0.39 is 31.6 Å². The Hall–Kier alpha value is -1.18. The Bertz CT molecular complexity index is 195. The van der Waals surface area contributed by atoms with E-state index in [2.05, 4.69) is 9.47 Å². The van der Waals surface area contributed by atoms with Gasteiger partial charge in [-0.3, -0.25) is 9.59 Å². The second kappa shape index (κ2) is 7.25. The van der Waals surface area contributed by atoms with Gasteiger partial charge >= 0.3 is 11.9 Å². The fraction of sp³-hybridized carbons (Fsp3) is 0.714. The average molecular weight is 207 g/mol. The first-order valence-electron chi connectivity index (χ1n) is 3.91. The molecule has 0 aliphatic carbocycles. The van der Waals surface area contributed by atoms with Crippen LogP contribution in [0, 0.1) is 0 Å². The Labute approximate surface area is 80.4 Å². The van der Waals surface area contributed by atoms with E-state index in [1.807, 2.05) is 0 Å². The van der Waals surface area contributed by atoms with Crippen LogP contribution in [0.2, 0.25) is 0 Å². The Morgan fingerprint density at radius 1 is 1.21 bits per heavy atom. The van der Waals surface area contributed by atoms with Crippen LogP contribution < -0.4 is 5.73 Å². The lowest BCUT2D eigenvalue weighted by atomic mass is 10.2. The van der Waals surface area contributed by atoms with Gasteiger partial charge in [0.05, 0.1) is 0 Å². The number of carbonyl (C=O) groups excluding carboxylic acids is 2. The summed E-state index contributed by atoms with van der Waals surface area (Å²) in [5.74, 6) is -1.44. The molecule has 0 aromatic rings. The molecule has 0 amide bonds. The lowest BCUT2D eigenvalue weighted by molar-refractivity contribution is -0.154. The van der Waals surface area contributed by atoms with Crippen LogP contribution in [0.5, 0.6) is 0 Å². The van der Waals surface area contributed by atoms with Crippen molar-refractivity contribution in [1.82, 2.24) is 0 Å². The predicted octanol–water partition coefficient (Wildman–Crippen LogP) is -1.92. The molecule has 82 valence electrons. The molecule has 0 heterocycles. The van der Waals surface area contributed by atoms with E-state index in [-0.39, 0.29) is 12.8 Å². The normalized spacial score (nSPS) is 11.9. The van der Waals surface area contributed by atoms with Crippen molar-refractivity contribution < 1.29 is 29.3 Å². The van der Waals surface area contributed by atoms with Gasteiger partial charge in [-0.2, -0.15) is 0 Å². The third-order valence-corrected chi connectivity index (χ3v) is 1.39. The minimum absolute atomic E-state index is 0.0394. The van der Waals surface area contributed by atoms with Crippen molar-refractivity contribution in [2.75, 3.05) is 13.6 Å². The molecule has 1 atom stereocenters. The minimum Gasteiger partial charge on any atom is -0.439 e. The number of esters is 2. The fourth-order valence-corrected chi connectivity index (χ4v) is 0.706. The summed E-state index contributed by atoms with van der Waals surface area (Å²) in [7, 11) is 0. The van der Waals surface area contributed by atoms with Gasteiger partial charge in [0.25, 0.3) is 0 Å². The number of aliphatic hydroxyl groups is 2. The summed E-state index contributed by atoms with van der Waals surface area (Å²) in [4.78, 5) is 21.5. The van der Waals surface area contributed by atoms with Crippen LogP contribution in [0.25, 0.3) is 0 Å². The van der Waals surface area contributed by atoms with E-state index in [0.717, 1.165) is 0 Å². The van der Waals surface area contributed by atoms with Gasteiger partial charge < -0.3 is 25.4 Å². The number of hydrogen-bond acceptors (Lipinski definition) is 7. The lowest BCUT2D eigenvalue weighted by Crippen LogP contribution is -2.33. The van der Waals surface area contributed by atoms with E-state index in [0.29, 0.717) is 0 Å². The second-order valence-corrected chi connectivity index (χ2v) is 2.38. The highest BCUT2D eigenvalue weighted by Gasteiger charge is 2.16. The molecule has 1 unspecified atom stereocenters. The monoisotopic (exact) mass is 207 g/mol. The highest BCUT2D eigenvalue weighted by molar-refractivity contribution is 5.76. The summed E-state index contributed by atoms with van der Waals surface area (Å²) in [6, 6.07) is -0.978. The zero-order valence-electron chi connectivity index (χ0n) is 7.51. The van der Waals surface area contributed by atoms with Crippen molar-refractivity contribution in [2.24, 2.45) is 5.73 Å². The van der Waals surface area contributed by atoms with Crippen LogP contribution in [-0.2, 0) is 19.1 Å². The third kappa shape index (κ3) is 5.46. The van der Waals surface area contributed by atoms with Gasteiger partial charge in [-0.1, -0.05) is 0 Å². The Morgan fingerprint density at radius 2 is 1.79 bits per heavy atom. The molecule has 14 heavy (non-hydrogen) atoms. The predicted molar refractivity (Wildman–Crippen MR) is 43.6 cm³/mol. The van der Waals surface area contributed by atoms with Gasteiger partial charge in [-0.25, -0.2) is 0 Å². The van der Waals surface area contributed by atoms with Gasteiger partial charge in [0.1, 0.15) is 6.04 Å². The minimum atomic E-state index is -0.978. The van der Waals surface area contributed by atoms with Crippen LogP contribution >= 0.6 is 0 Å². The highest BCUT2D eigenvalue weighted by Crippen LogP contribution is 1.98. The molecule has 0 bridgehead atoms. The van der Waals surface area contributed by atoms with Gasteiger partial charge in [0.2, 0.25) is 0 Å². The average Bonchev–Trinajstić information content (AvgIpc) is 2.15. The summed E-state index contributed by atoms with van der Waals surface area (Å²) in [6.07, 6.45) is -0.0556. The maximum absolute atomic E-state index is 10.8. The quantitative estimate of drug-likeness (QED) is 0.343. The maximum atomic E-state index is 10.8. The number of rotatable bonds is 6. The Balaban J connectivity index is 3.67. The summed E-state index contributed by atoms with van der Waals surface area (Å²) in [5, 5.41) is 16.4. The number of nitrogens with two attached hydrogens (primary N) is 1. The van der Waals surface area contributed by atoms with Crippen molar-refractivity contribution in [3.05, 3.63) is 0 Å². The molecule has 0 rings (SSSR count). The van der Waals surface area contributed by atoms with Gasteiger partial charge in [-0.15, -0.1) is 0 Å². The summed E-state index contributed by atoms with van der Waals surface area (Å²) in [5.41, 5.74) is 5.29. The Kier molecular flexibility index (Phi) is 6.63. The van der Waals surface area contributed by atoms with Crippen LogP contribution in [0.4, 0.5) is 0 Å². The lowest BCUT2D eigenvalue weighted by Gasteiger charge is -2.08. The molecular weight excluding hydrogens is 194 g/mol. The molecular formula is C7H13NO6. The topological polar surface area (TPSA) is 119 Å². The number of carbonyl (C=O) groups is 2. The van der Waals surface area contributed by atoms with Crippen molar-refractivity contribution in [1.29, 1.82) is 0 Å². The van der Waals surface area contributed by atoms with Crippen molar-refractivity contribution >= 4 is 11.9 Å². The van der Waals surface area contributed by atoms with Gasteiger partial charge in [0.15, 0.2) is 13.6 Å². The van der Waals surface area contributed by atoms with Gasteiger partial charge in [-0.05, 0) is 6.42 Å². The fourth-order valence-electron chi connectivity index (χ4n) is 0.706. The van der Waals surface area contributed by atoms with Crippen LogP contribution in [0.3, 0.4) is 0 Å². The molecule has 0 saturated carbocycles. The molecule has 7 heteroatoms. The molecule has 4 N–H and O–H groups in total. The number of hydrogen-bond donors (Lipinski definition) is 3. The second-order valence-electron chi connectivity index (χ2n) is 2.38. The van der Waals surface area contributed by atoms with Crippen LogP contribution in [0.15, 0.2) is 0 Å². The molecule has 0 aliphatic heterocycles. The first kappa shape index (κ1) is 12.8. The zero-order valence-corrected chi connectivity index (χ0v) is 7.51. The standard InChI is InChI=1S/C7H13NO6/c8-5(7(12)14-4-10)1-2-6(11)13-3-9/h5,9-10H,1-4,8H2. The van der Waals surface area contributed by atoms with Crippen molar-refractivity contribution in [3.8, 4) is 0 Å². The molecule has 0 aromatic carbocycles. The molecule has 7 nitrogen and oxygen atoms in total. The van der Waals surface area contributed by atoms with Crippen LogP contribution in [-0.4, -0.2) is 41.8 Å². The molecule has 0 radical (unpaired) electrons. The summed E-state index contributed by atoms with van der Waals surface area (Å²) >= 11 is 0. The molecule has 0 spiro atoms. The first-order chi connectivity index (χ1) is 6.61. The third-order valence-electron chi connectivity index (χ3n) is 1.39. The highest BCUT2D eigenvalue weighted by atomic mass is 16.6. The number of ether oxygens (including phenoxy) is 2. The molecule has 0 aliphatic rings. The van der Waals surface area contributed by atoms with Crippen molar-refractivity contribution in [2.45, 2.75) is 18.9 Å². The number of aliphatic hydroxyl groups excluding tert-OH is 2. The van der Waals surface area contributed by atoms with Gasteiger partial charge in [0, 0.05) is 6.42 Å². The molecule has 0 fully saturated rings. The molecule has 0 saturated heterocycles. The van der Waals surface area contributed by atoms with E-state index in [4.69, 9.17) is 15.9 Å². The maximum Gasteiger partial charge on any atom is 0.325 e. The van der Waals surface area contributed by atoms with E-state index in [1.54, 1.807) is 0 Å². The summed E-state index contributed by atoms with van der Waals surface area (Å²) < 4.78 is 8.38. The zero-order chi connectivity index (χ0) is 11.0.